The Morgan fingerprint density at radius 1 is 1.10 bits per heavy atom. The minimum Gasteiger partial charge on any atom is -0.368 e. The number of nitrogens with one attached hydrogen (secondary N) is 1. The molecule has 2 rings (SSSR count). The molecule has 0 aliphatic rings. The van der Waals surface area contributed by atoms with Crippen molar-refractivity contribution in [3.8, 4) is 0 Å². The lowest BCUT2D eigenvalue weighted by molar-refractivity contribution is -0.385. The molecule has 0 heterocycles. The monoisotopic (exact) mass is 443 g/mol. The van der Waals surface area contributed by atoms with E-state index in [4.69, 9.17) is 14.2 Å². The van der Waals surface area contributed by atoms with Crippen molar-refractivity contribution in [3.63, 3.8) is 0 Å². The zero-order valence-corrected chi connectivity index (χ0v) is 17.6. The number of nitro groups is 1. The zero-order chi connectivity index (χ0) is 21.7. The summed E-state index contributed by atoms with van der Waals surface area (Å²) in [6.45, 7) is 3.37. The van der Waals surface area contributed by atoms with Crippen molar-refractivity contribution >= 4 is 29.0 Å². The molecule has 0 saturated carbocycles. The summed E-state index contributed by atoms with van der Waals surface area (Å²) >= 11 is 0. The van der Waals surface area contributed by atoms with Crippen LogP contribution in [-0.2, 0) is 23.6 Å². The molecular formula is C17H22N3O7PS. The topological polar surface area (TPSA) is 151 Å². The molecule has 29 heavy (non-hydrogen) atoms. The molecule has 158 valence electrons. The van der Waals surface area contributed by atoms with E-state index in [2.05, 4.69) is 5.32 Å². The molecule has 0 saturated heterocycles. The third kappa shape index (κ3) is 5.62. The molecule has 0 aliphatic carbocycles. The molecule has 3 N–H and O–H groups in total. The number of hydrogen-bond acceptors (Lipinski definition) is 8. The Balaban J connectivity index is 2.56. The van der Waals surface area contributed by atoms with Crippen LogP contribution >= 0.6 is 7.60 Å². The summed E-state index contributed by atoms with van der Waals surface area (Å²) < 4.78 is 47.2. The Morgan fingerprint density at radius 3 is 2.14 bits per heavy atom. The first-order valence-electron chi connectivity index (χ1n) is 8.64. The van der Waals surface area contributed by atoms with Gasteiger partial charge in [-0.05, 0) is 44.2 Å². The van der Waals surface area contributed by atoms with Gasteiger partial charge in [0.2, 0.25) is 10.0 Å². The van der Waals surface area contributed by atoms with Gasteiger partial charge in [-0.3, -0.25) is 14.7 Å². The molecule has 12 heteroatoms. The van der Waals surface area contributed by atoms with Crippen LogP contribution in [0.4, 0.5) is 11.4 Å². The summed E-state index contributed by atoms with van der Waals surface area (Å²) in [6.07, 6.45) is 0. The minimum absolute atomic E-state index is 0.0560. The van der Waals surface area contributed by atoms with E-state index in [0.717, 1.165) is 0 Å². The average molecular weight is 443 g/mol. The fraction of sp³-hybridized carbons (Fsp3) is 0.294. The zero-order valence-electron chi connectivity index (χ0n) is 15.8. The highest BCUT2D eigenvalue weighted by Crippen LogP contribution is 2.61. The van der Waals surface area contributed by atoms with Gasteiger partial charge < -0.3 is 14.4 Å². The van der Waals surface area contributed by atoms with Gasteiger partial charge in [0, 0.05) is 11.8 Å². The number of primary sulfonamides is 1. The summed E-state index contributed by atoms with van der Waals surface area (Å²) in [5, 5.41) is 19.5. The second kappa shape index (κ2) is 9.47. The number of benzene rings is 2. The molecule has 1 atom stereocenters. The molecule has 0 aromatic heterocycles. The van der Waals surface area contributed by atoms with Gasteiger partial charge in [0.15, 0.2) is 5.78 Å². The number of nitrogens with zero attached hydrogens (tertiary/aromatic N) is 1. The first-order valence-corrected chi connectivity index (χ1v) is 11.8. The van der Waals surface area contributed by atoms with Gasteiger partial charge in [-0.1, -0.05) is 12.1 Å². The molecule has 10 nitrogen and oxygen atoms in total. The maximum atomic E-state index is 13.5. The van der Waals surface area contributed by atoms with Crippen molar-refractivity contribution in [2.45, 2.75) is 24.5 Å². The van der Waals surface area contributed by atoms with Gasteiger partial charge in [-0.2, -0.15) is 0 Å². The highest BCUT2D eigenvalue weighted by Gasteiger charge is 2.40. The molecule has 0 radical (unpaired) electrons. The molecule has 2 aromatic rings. The normalized spacial score (nSPS) is 13.1. The van der Waals surface area contributed by atoms with Crippen molar-refractivity contribution in [1.82, 2.24) is 0 Å². The molecule has 0 amide bonds. The summed E-state index contributed by atoms with van der Waals surface area (Å²) in [4.78, 5) is 10.8. The van der Waals surface area contributed by atoms with Gasteiger partial charge in [-0.15, -0.1) is 0 Å². The summed E-state index contributed by atoms with van der Waals surface area (Å²) in [5.41, 5.74) is 0.198. The minimum atomic E-state index is -3.89. The summed E-state index contributed by atoms with van der Waals surface area (Å²) in [6, 6.07) is 11.2. The predicted octanol–water partition coefficient (Wildman–Crippen LogP) is 3.62. The van der Waals surface area contributed by atoms with Crippen LogP contribution in [0.5, 0.6) is 0 Å². The Bertz CT molecular complexity index is 1000. The van der Waals surface area contributed by atoms with Gasteiger partial charge in [0.25, 0.3) is 5.69 Å². The largest absolute Gasteiger partial charge is 0.368 e. The van der Waals surface area contributed by atoms with Crippen LogP contribution in [0.1, 0.15) is 25.2 Å². The number of rotatable bonds is 10. The standard InChI is InChI=1S/C17H22N3O7PS/c1-3-26-28(23,27-4-2)17(15-7-5-6-8-16(15)20(21)22)19-13-9-11-14(12-10-13)29(18,24)25/h5-12,17,19H,3-4H2,1-2H3,(H2,18,24,25). The van der Waals surface area contributed by atoms with Crippen molar-refractivity contribution in [2.24, 2.45) is 5.14 Å². The average Bonchev–Trinajstić information content (AvgIpc) is 2.66. The SMILES string of the molecule is CCOP(=O)(OCC)C(Nc1ccc(S(N)(=O)=O)cc1)c1ccccc1[N+](=O)[O-]. The number of anilines is 1. The molecule has 2 aromatic carbocycles. The predicted molar refractivity (Wildman–Crippen MR) is 108 cm³/mol. The van der Waals surface area contributed by atoms with Crippen LogP contribution in [0.25, 0.3) is 0 Å². The quantitative estimate of drug-likeness (QED) is 0.321. The van der Waals surface area contributed by atoms with E-state index in [0.29, 0.717) is 5.69 Å². The van der Waals surface area contributed by atoms with E-state index >= 15 is 0 Å². The number of nitro benzene ring substituents is 1. The molecule has 1 unspecified atom stereocenters. The van der Waals surface area contributed by atoms with Crippen LogP contribution in [0, 0.1) is 10.1 Å². The van der Waals surface area contributed by atoms with Crippen LogP contribution in [0.3, 0.4) is 0 Å². The lowest BCUT2D eigenvalue weighted by atomic mass is 10.1. The van der Waals surface area contributed by atoms with Gasteiger partial charge >= 0.3 is 7.60 Å². The summed E-state index contributed by atoms with van der Waals surface area (Å²) in [7, 11) is -7.77. The van der Waals surface area contributed by atoms with Crippen LogP contribution in [0.2, 0.25) is 0 Å². The van der Waals surface area contributed by atoms with Crippen LogP contribution < -0.4 is 10.5 Å². The van der Waals surface area contributed by atoms with Crippen molar-refractivity contribution in [2.75, 3.05) is 18.5 Å². The van der Waals surface area contributed by atoms with Gasteiger partial charge in [0.1, 0.15) is 0 Å². The Labute approximate surface area is 168 Å². The second-order valence-electron chi connectivity index (χ2n) is 5.81. The Hall–Kier alpha value is -2.30. The molecule has 0 bridgehead atoms. The van der Waals surface area contributed by atoms with Crippen molar-refractivity contribution < 1.29 is 27.0 Å². The molecule has 0 spiro atoms. The first-order chi connectivity index (χ1) is 13.6. The molecule has 0 fully saturated rings. The van der Waals surface area contributed by atoms with Crippen molar-refractivity contribution in [1.29, 1.82) is 0 Å². The Morgan fingerprint density at radius 2 is 1.66 bits per heavy atom. The fourth-order valence-electron chi connectivity index (χ4n) is 2.66. The lowest BCUT2D eigenvalue weighted by Gasteiger charge is -2.28. The van der Waals surface area contributed by atoms with Crippen molar-refractivity contribution in [3.05, 3.63) is 64.2 Å². The number of hydrogen-bond donors (Lipinski definition) is 2. The highest BCUT2D eigenvalue weighted by molar-refractivity contribution is 7.89. The van der Waals surface area contributed by atoms with E-state index in [-0.39, 0.29) is 29.4 Å². The maximum absolute atomic E-state index is 13.5. The second-order valence-corrected chi connectivity index (χ2v) is 9.48. The lowest BCUT2D eigenvalue weighted by Crippen LogP contribution is -2.17. The van der Waals surface area contributed by atoms with E-state index in [1.54, 1.807) is 19.9 Å². The smallest absolute Gasteiger partial charge is 0.357 e. The molecule has 0 aliphatic heterocycles. The first kappa shape index (κ1) is 23.0. The van der Waals surface area contributed by atoms with Gasteiger partial charge in [0.05, 0.1) is 28.6 Å². The van der Waals surface area contributed by atoms with Crippen LogP contribution in [-0.4, -0.2) is 26.6 Å². The third-order valence-electron chi connectivity index (χ3n) is 3.85. The summed E-state index contributed by atoms with van der Waals surface area (Å²) in [5.74, 6) is -1.20. The molecular weight excluding hydrogens is 421 g/mol. The van der Waals surface area contributed by atoms with E-state index < -0.39 is 28.3 Å². The maximum Gasteiger partial charge on any atom is 0.357 e. The van der Waals surface area contributed by atoms with E-state index in [1.165, 1.54) is 42.5 Å². The Kier molecular flexibility index (Phi) is 7.50. The van der Waals surface area contributed by atoms with Gasteiger partial charge in [-0.25, -0.2) is 13.6 Å². The third-order valence-corrected chi connectivity index (χ3v) is 7.05. The number of nitrogens with two attached hydrogens (primary N) is 1. The van der Waals surface area contributed by atoms with E-state index in [1.807, 2.05) is 0 Å². The van der Waals surface area contributed by atoms with Crippen LogP contribution in [0.15, 0.2) is 53.4 Å². The fourth-order valence-corrected chi connectivity index (χ4v) is 5.13. The number of sulfonamides is 1. The number of para-hydroxylation sites is 1. The highest BCUT2D eigenvalue weighted by atomic mass is 32.2. The van der Waals surface area contributed by atoms with E-state index in [9.17, 15) is 23.1 Å².